The molecule has 8 nitrogen and oxygen atoms in total. The van der Waals surface area contributed by atoms with Crippen LogP contribution in [0.1, 0.15) is 11.1 Å². The van der Waals surface area contributed by atoms with Crippen molar-refractivity contribution in [3.8, 4) is 5.75 Å². The third-order valence-electron chi connectivity index (χ3n) is 6.78. The standard InChI is InChI=1S/C32H32ClN3O5S/c1-34-32(38)29(21-24-13-5-3-6-14-24)35(22-25-15-9-10-18-27(25)33)31(37)23-36(28-19-11-12-20-30(28)41-2)42(39,40)26-16-7-4-8-17-26/h3-20,29H,21-23H2,1-2H3,(H,34,38). The fourth-order valence-electron chi connectivity index (χ4n) is 4.60. The minimum Gasteiger partial charge on any atom is -0.495 e. The van der Waals surface area contributed by atoms with Crippen molar-refractivity contribution in [3.05, 3.63) is 125 Å². The van der Waals surface area contributed by atoms with E-state index in [1.54, 1.807) is 66.7 Å². The molecule has 4 rings (SSSR count). The molecule has 0 aliphatic rings. The summed E-state index contributed by atoms with van der Waals surface area (Å²) in [6.07, 6.45) is 0.205. The van der Waals surface area contributed by atoms with Gasteiger partial charge in [-0.2, -0.15) is 0 Å². The second-order valence-corrected chi connectivity index (χ2v) is 11.7. The number of rotatable bonds is 12. The zero-order valence-electron chi connectivity index (χ0n) is 23.3. The fraction of sp³-hybridized carbons (Fsp3) is 0.188. The van der Waals surface area contributed by atoms with Crippen molar-refractivity contribution in [1.29, 1.82) is 0 Å². The smallest absolute Gasteiger partial charge is 0.264 e. The van der Waals surface area contributed by atoms with E-state index in [1.807, 2.05) is 30.3 Å². The largest absolute Gasteiger partial charge is 0.495 e. The number of benzene rings is 4. The number of hydrogen-bond acceptors (Lipinski definition) is 5. The number of halogens is 1. The van der Waals surface area contributed by atoms with Crippen LogP contribution in [0.15, 0.2) is 114 Å². The minimum atomic E-state index is -4.23. The molecule has 42 heavy (non-hydrogen) atoms. The number of likely N-dealkylation sites (N-methyl/N-ethyl adjacent to an activating group) is 1. The SMILES string of the molecule is CNC(=O)C(Cc1ccccc1)N(Cc1ccccc1Cl)C(=O)CN(c1ccccc1OC)S(=O)(=O)c1ccccc1. The van der Waals surface area contributed by atoms with Gasteiger partial charge in [-0.3, -0.25) is 13.9 Å². The van der Waals surface area contributed by atoms with E-state index in [1.165, 1.54) is 31.2 Å². The Balaban J connectivity index is 1.82. The van der Waals surface area contributed by atoms with Gasteiger partial charge < -0.3 is 15.0 Å². The molecular weight excluding hydrogens is 574 g/mol. The van der Waals surface area contributed by atoms with Crippen LogP contribution in [0.5, 0.6) is 5.75 Å². The molecule has 2 amide bonds. The van der Waals surface area contributed by atoms with E-state index in [9.17, 15) is 18.0 Å². The van der Waals surface area contributed by atoms with Crippen molar-refractivity contribution >= 4 is 39.1 Å². The zero-order chi connectivity index (χ0) is 30.1. The van der Waals surface area contributed by atoms with Crippen LogP contribution in [-0.4, -0.2) is 51.9 Å². The van der Waals surface area contributed by atoms with Crippen molar-refractivity contribution in [2.24, 2.45) is 0 Å². The van der Waals surface area contributed by atoms with Gasteiger partial charge in [0.15, 0.2) is 0 Å². The maximum absolute atomic E-state index is 14.3. The molecular formula is C32H32ClN3O5S. The first kappa shape index (κ1) is 30.6. The average molecular weight is 606 g/mol. The summed E-state index contributed by atoms with van der Waals surface area (Å²) in [6.45, 7) is -0.612. The molecule has 0 aliphatic heterocycles. The Kier molecular flexibility index (Phi) is 10.2. The van der Waals surface area contributed by atoms with Crippen molar-refractivity contribution in [1.82, 2.24) is 10.2 Å². The Morgan fingerprint density at radius 1 is 0.857 bits per heavy atom. The van der Waals surface area contributed by atoms with Gasteiger partial charge in [-0.05, 0) is 41.5 Å². The molecule has 0 saturated heterocycles. The van der Waals surface area contributed by atoms with Crippen LogP contribution in [0.4, 0.5) is 5.69 Å². The molecule has 218 valence electrons. The number of ether oxygens (including phenoxy) is 1. The number of sulfonamides is 1. The second-order valence-electron chi connectivity index (χ2n) is 9.43. The maximum Gasteiger partial charge on any atom is 0.264 e. The van der Waals surface area contributed by atoms with E-state index in [0.717, 1.165) is 9.87 Å². The highest BCUT2D eigenvalue weighted by molar-refractivity contribution is 7.92. The Morgan fingerprint density at radius 2 is 1.45 bits per heavy atom. The summed E-state index contributed by atoms with van der Waals surface area (Å²) in [7, 11) is -1.30. The summed E-state index contributed by atoms with van der Waals surface area (Å²) < 4.78 is 34.5. The molecule has 0 spiro atoms. The fourth-order valence-corrected chi connectivity index (χ4v) is 6.24. The first-order valence-corrected chi connectivity index (χ1v) is 15.1. The summed E-state index contributed by atoms with van der Waals surface area (Å²) in [5, 5.41) is 3.08. The van der Waals surface area contributed by atoms with Gasteiger partial charge in [0.05, 0.1) is 17.7 Å². The van der Waals surface area contributed by atoms with E-state index in [-0.39, 0.29) is 29.3 Å². The lowest BCUT2D eigenvalue weighted by Gasteiger charge is -2.34. The van der Waals surface area contributed by atoms with E-state index >= 15 is 0 Å². The van der Waals surface area contributed by atoms with Gasteiger partial charge >= 0.3 is 0 Å². The topological polar surface area (TPSA) is 96.0 Å². The van der Waals surface area contributed by atoms with Crippen LogP contribution in [0.25, 0.3) is 0 Å². The number of methoxy groups -OCH3 is 1. The number of hydrogen-bond donors (Lipinski definition) is 1. The number of carbonyl (C=O) groups is 2. The average Bonchev–Trinajstić information content (AvgIpc) is 3.02. The normalized spacial score (nSPS) is 11.8. The van der Waals surface area contributed by atoms with Crippen LogP contribution in [-0.2, 0) is 32.6 Å². The van der Waals surface area contributed by atoms with Crippen molar-refractivity contribution in [2.75, 3.05) is 25.0 Å². The van der Waals surface area contributed by atoms with E-state index < -0.39 is 34.4 Å². The molecule has 0 bridgehead atoms. The maximum atomic E-state index is 14.3. The first-order valence-electron chi connectivity index (χ1n) is 13.3. The molecule has 0 fully saturated rings. The lowest BCUT2D eigenvalue weighted by molar-refractivity contribution is -0.139. The van der Waals surface area contributed by atoms with Crippen LogP contribution in [0.3, 0.4) is 0 Å². The van der Waals surface area contributed by atoms with Gasteiger partial charge in [0.1, 0.15) is 18.3 Å². The number of para-hydroxylation sites is 2. The summed E-state index contributed by atoms with van der Waals surface area (Å²) in [5.74, 6) is -0.714. The molecule has 1 unspecified atom stereocenters. The van der Waals surface area contributed by atoms with E-state index in [2.05, 4.69) is 5.32 Å². The van der Waals surface area contributed by atoms with Gasteiger partial charge in [-0.25, -0.2) is 8.42 Å². The van der Waals surface area contributed by atoms with Gasteiger partial charge in [0.2, 0.25) is 11.8 Å². The predicted molar refractivity (Wildman–Crippen MR) is 164 cm³/mol. The van der Waals surface area contributed by atoms with Crippen LogP contribution >= 0.6 is 11.6 Å². The number of anilines is 1. The van der Waals surface area contributed by atoms with Crippen molar-refractivity contribution in [3.63, 3.8) is 0 Å². The quantitative estimate of drug-likeness (QED) is 0.247. The van der Waals surface area contributed by atoms with Crippen molar-refractivity contribution in [2.45, 2.75) is 23.9 Å². The summed E-state index contributed by atoms with van der Waals surface area (Å²) >= 11 is 6.48. The number of nitrogens with zero attached hydrogens (tertiary/aromatic N) is 2. The van der Waals surface area contributed by atoms with Crippen LogP contribution in [0.2, 0.25) is 5.02 Å². The highest BCUT2D eigenvalue weighted by atomic mass is 35.5. The van der Waals surface area contributed by atoms with Gasteiger partial charge in [-0.15, -0.1) is 0 Å². The highest BCUT2D eigenvalue weighted by Gasteiger charge is 2.35. The van der Waals surface area contributed by atoms with Gasteiger partial charge in [0, 0.05) is 25.0 Å². The molecule has 0 aliphatic carbocycles. The molecule has 0 radical (unpaired) electrons. The Bertz CT molecular complexity index is 1620. The minimum absolute atomic E-state index is 0.00787. The molecule has 4 aromatic rings. The first-order chi connectivity index (χ1) is 20.3. The third-order valence-corrected chi connectivity index (χ3v) is 8.92. The Morgan fingerprint density at radius 3 is 2.10 bits per heavy atom. The summed E-state index contributed by atoms with van der Waals surface area (Å²) in [6, 6.07) is 29.8. The molecule has 1 N–H and O–H groups in total. The summed E-state index contributed by atoms with van der Waals surface area (Å²) in [5.41, 5.74) is 1.64. The van der Waals surface area contributed by atoms with Crippen LogP contribution < -0.4 is 14.4 Å². The van der Waals surface area contributed by atoms with E-state index in [0.29, 0.717) is 10.6 Å². The third kappa shape index (κ3) is 7.10. The van der Waals surface area contributed by atoms with E-state index in [4.69, 9.17) is 16.3 Å². The number of nitrogens with one attached hydrogen (secondary N) is 1. The van der Waals surface area contributed by atoms with Gasteiger partial charge in [-0.1, -0.05) is 90.5 Å². The summed E-state index contributed by atoms with van der Waals surface area (Å²) in [4.78, 5) is 29.0. The van der Waals surface area contributed by atoms with Gasteiger partial charge in [0.25, 0.3) is 10.0 Å². The number of carbonyl (C=O) groups excluding carboxylic acids is 2. The molecule has 0 saturated carbocycles. The monoisotopic (exact) mass is 605 g/mol. The highest BCUT2D eigenvalue weighted by Crippen LogP contribution is 2.32. The molecule has 0 aromatic heterocycles. The van der Waals surface area contributed by atoms with Crippen molar-refractivity contribution < 1.29 is 22.7 Å². The Hall–Kier alpha value is -4.34. The second kappa shape index (κ2) is 14.0. The van der Waals surface area contributed by atoms with Crippen LogP contribution in [0, 0.1) is 0 Å². The number of amides is 2. The molecule has 10 heteroatoms. The Labute approximate surface area is 251 Å². The predicted octanol–water partition coefficient (Wildman–Crippen LogP) is 4.93. The molecule has 0 heterocycles. The molecule has 1 atom stereocenters. The lowest BCUT2D eigenvalue weighted by atomic mass is 10.0. The lowest BCUT2D eigenvalue weighted by Crippen LogP contribution is -2.53. The zero-order valence-corrected chi connectivity index (χ0v) is 24.9. The molecule has 4 aromatic carbocycles.